The molecule has 2 amide bonds. The smallest absolute Gasteiger partial charge is 0.291 e. The number of benzene rings is 2. The Kier molecular flexibility index (Phi) is 4.80. The second-order valence-electron chi connectivity index (χ2n) is 5.33. The van der Waals surface area contributed by atoms with Crippen LogP contribution in [0.3, 0.4) is 0 Å². The van der Waals surface area contributed by atoms with Gasteiger partial charge in [0.2, 0.25) is 0 Å². The van der Waals surface area contributed by atoms with Gasteiger partial charge in [-0.2, -0.15) is 0 Å². The number of para-hydroxylation sites is 1. The van der Waals surface area contributed by atoms with Crippen molar-refractivity contribution in [2.24, 2.45) is 0 Å². The van der Waals surface area contributed by atoms with Crippen molar-refractivity contribution >= 4 is 17.5 Å². The maximum absolute atomic E-state index is 12.0. The number of phenols is 1. The molecule has 3 aromatic rings. The second kappa shape index (κ2) is 7.35. The van der Waals surface area contributed by atoms with E-state index in [0.29, 0.717) is 12.2 Å². The van der Waals surface area contributed by atoms with Gasteiger partial charge in [-0.3, -0.25) is 9.59 Å². The van der Waals surface area contributed by atoms with Crippen molar-refractivity contribution in [3.63, 3.8) is 0 Å². The molecule has 2 aromatic carbocycles. The summed E-state index contributed by atoms with van der Waals surface area (Å²) in [7, 11) is 0. The lowest BCUT2D eigenvalue weighted by atomic mass is 10.1. The van der Waals surface area contributed by atoms with Gasteiger partial charge in [0.1, 0.15) is 5.75 Å². The predicted molar refractivity (Wildman–Crippen MR) is 92.4 cm³/mol. The van der Waals surface area contributed by atoms with E-state index in [0.717, 1.165) is 5.56 Å². The lowest BCUT2D eigenvalue weighted by molar-refractivity contribution is 0.0947. The number of nitrogens with one attached hydrogen (secondary N) is 2. The lowest BCUT2D eigenvalue weighted by Gasteiger charge is -2.08. The molecule has 0 radical (unpaired) electrons. The predicted octanol–water partition coefficient (Wildman–Crippen LogP) is 3.17. The highest BCUT2D eigenvalue weighted by Gasteiger charge is 2.10. The Hall–Kier alpha value is -3.54. The SMILES string of the molecule is O=C(Nc1ccc(CNC(=O)c2ccccc2O)cc1)c1ccco1. The van der Waals surface area contributed by atoms with Gasteiger partial charge in [0.25, 0.3) is 11.8 Å². The van der Waals surface area contributed by atoms with Gasteiger partial charge < -0.3 is 20.2 Å². The van der Waals surface area contributed by atoms with Crippen molar-refractivity contribution in [1.29, 1.82) is 0 Å². The van der Waals surface area contributed by atoms with Crippen LogP contribution in [0.5, 0.6) is 5.75 Å². The van der Waals surface area contributed by atoms with Crippen LogP contribution < -0.4 is 10.6 Å². The third-order valence-electron chi connectivity index (χ3n) is 3.56. The van der Waals surface area contributed by atoms with Crippen molar-refractivity contribution in [3.8, 4) is 5.75 Å². The highest BCUT2D eigenvalue weighted by Crippen LogP contribution is 2.16. The molecule has 0 saturated heterocycles. The van der Waals surface area contributed by atoms with Crippen LogP contribution in [0.4, 0.5) is 5.69 Å². The number of rotatable bonds is 5. The van der Waals surface area contributed by atoms with Gasteiger partial charge in [-0.1, -0.05) is 24.3 Å². The molecule has 0 atom stereocenters. The summed E-state index contributed by atoms with van der Waals surface area (Å²) in [6, 6.07) is 16.6. The summed E-state index contributed by atoms with van der Waals surface area (Å²) in [4.78, 5) is 23.9. The van der Waals surface area contributed by atoms with Crippen molar-refractivity contribution in [1.82, 2.24) is 5.32 Å². The fourth-order valence-electron chi connectivity index (χ4n) is 2.25. The first kappa shape index (κ1) is 16.3. The molecule has 0 aliphatic carbocycles. The van der Waals surface area contributed by atoms with Gasteiger partial charge in [-0.25, -0.2) is 0 Å². The number of aromatic hydroxyl groups is 1. The van der Waals surface area contributed by atoms with E-state index in [1.54, 1.807) is 54.6 Å². The Morgan fingerprint density at radius 2 is 1.68 bits per heavy atom. The molecule has 6 nitrogen and oxygen atoms in total. The van der Waals surface area contributed by atoms with Gasteiger partial charge in [0.05, 0.1) is 11.8 Å². The first-order chi connectivity index (χ1) is 12.1. The van der Waals surface area contributed by atoms with E-state index < -0.39 is 0 Å². The molecule has 1 aromatic heterocycles. The molecule has 1 heterocycles. The number of hydrogen-bond donors (Lipinski definition) is 3. The van der Waals surface area contributed by atoms with Crippen molar-refractivity contribution in [2.75, 3.05) is 5.32 Å². The van der Waals surface area contributed by atoms with E-state index >= 15 is 0 Å². The number of phenolic OH excluding ortho intramolecular Hbond substituents is 1. The molecule has 3 rings (SSSR count). The zero-order valence-corrected chi connectivity index (χ0v) is 13.2. The zero-order valence-electron chi connectivity index (χ0n) is 13.2. The van der Waals surface area contributed by atoms with Gasteiger partial charge in [-0.15, -0.1) is 0 Å². The highest BCUT2D eigenvalue weighted by molar-refractivity contribution is 6.02. The molecule has 126 valence electrons. The highest BCUT2D eigenvalue weighted by atomic mass is 16.3. The Labute approximate surface area is 144 Å². The molecule has 0 bridgehead atoms. The molecule has 6 heteroatoms. The Morgan fingerprint density at radius 3 is 2.36 bits per heavy atom. The Morgan fingerprint density at radius 1 is 0.920 bits per heavy atom. The minimum atomic E-state index is -0.353. The molecule has 0 fully saturated rings. The van der Waals surface area contributed by atoms with Crippen molar-refractivity contribution in [2.45, 2.75) is 6.54 Å². The molecule has 0 unspecified atom stereocenters. The fraction of sp³-hybridized carbons (Fsp3) is 0.0526. The molecule has 0 aliphatic heterocycles. The molecule has 3 N–H and O–H groups in total. The Balaban J connectivity index is 1.57. The summed E-state index contributed by atoms with van der Waals surface area (Å²) in [6.45, 7) is 0.305. The van der Waals surface area contributed by atoms with Gasteiger partial charge in [0.15, 0.2) is 5.76 Å². The lowest BCUT2D eigenvalue weighted by Crippen LogP contribution is -2.22. The quantitative estimate of drug-likeness (QED) is 0.667. The standard InChI is InChI=1S/C19H16N2O4/c22-16-5-2-1-4-15(16)18(23)20-12-13-7-9-14(10-8-13)21-19(24)17-6-3-11-25-17/h1-11,22H,12H2,(H,20,23)(H,21,24). The Bertz CT molecular complexity index is 871. The second-order valence-corrected chi connectivity index (χ2v) is 5.33. The van der Waals surface area contributed by atoms with E-state index in [-0.39, 0.29) is 28.9 Å². The molecule has 0 saturated carbocycles. The van der Waals surface area contributed by atoms with Crippen LogP contribution in [0.1, 0.15) is 26.5 Å². The third-order valence-corrected chi connectivity index (χ3v) is 3.56. The average Bonchev–Trinajstić information content (AvgIpc) is 3.16. The maximum atomic E-state index is 12.0. The van der Waals surface area contributed by atoms with E-state index in [9.17, 15) is 14.7 Å². The largest absolute Gasteiger partial charge is 0.507 e. The maximum Gasteiger partial charge on any atom is 0.291 e. The molecule has 25 heavy (non-hydrogen) atoms. The molecule has 0 aliphatic rings. The molecular formula is C19H16N2O4. The van der Waals surface area contributed by atoms with Crippen LogP contribution >= 0.6 is 0 Å². The summed E-state index contributed by atoms with van der Waals surface area (Å²) in [6.07, 6.45) is 1.44. The van der Waals surface area contributed by atoms with E-state index in [4.69, 9.17) is 4.42 Å². The van der Waals surface area contributed by atoms with Crippen LogP contribution in [0.2, 0.25) is 0 Å². The van der Waals surface area contributed by atoms with Gasteiger partial charge in [0, 0.05) is 12.2 Å². The number of hydrogen-bond acceptors (Lipinski definition) is 4. The van der Waals surface area contributed by atoms with Crippen molar-refractivity contribution < 1.29 is 19.1 Å². The van der Waals surface area contributed by atoms with Gasteiger partial charge >= 0.3 is 0 Å². The number of anilines is 1. The minimum absolute atomic E-state index is 0.0593. The number of carbonyl (C=O) groups is 2. The van der Waals surface area contributed by atoms with Crippen LogP contribution in [0.15, 0.2) is 71.3 Å². The number of amides is 2. The van der Waals surface area contributed by atoms with E-state index in [1.165, 1.54) is 12.3 Å². The van der Waals surface area contributed by atoms with Crippen LogP contribution in [0, 0.1) is 0 Å². The monoisotopic (exact) mass is 336 g/mol. The summed E-state index contributed by atoms with van der Waals surface area (Å²) >= 11 is 0. The fourth-order valence-corrected chi connectivity index (χ4v) is 2.25. The van der Waals surface area contributed by atoms with Gasteiger partial charge in [-0.05, 0) is 42.0 Å². The number of carbonyl (C=O) groups excluding carboxylic acids is 2. The zero-order chi connectivity index (χ0) is 17.6. The average molecular weight is 336 g/mol. The van der Waals surface area contributed by atoms with Crippen LogP contribution in [-0.2, 0) is 6.54 Å². The molecular weight excluding hydrogens is 320 g/mol. The first-order valence-electron chi connectivity index (χ1n) is 7.63. The summed E-state index contributed by atoms with van der Waals surface area (Å²) < 4.78 is 5.03. The van der Waals surface area contributed by atoms with E-state index in [1.807, 2.05) is 0 Å². The van der Waals surface area contributed by atoms with E-state index in [2.05, 4.69) is 10.6 Å². The summed E-state index contributed by atoms with van der Waals surface area (Å²) in [5, 5.41) is 15.1. The summed E-state index contributed by atoms with van der Waals surface area (Å²) in [5.41, 5.74) is 1.71. The summed E-state index contributed by atoms with van der Waals surface area (Å²) in [5.74, 6) is -0.506. The minimum Gasteiger partial charge on any atom is -0.507 e. The van der Waals surface area contributed by atoms with Crippen molar-refractivity contribution in [3.05, 3.63) is 83.8 Å². The van der Waals surface area contributed by atoms with Crippen LogP contribution in [0.25, 0.3) is 0 Å². The topological polar surface area (TPSA) is 91.6 Å². The molecule has 0 spiro atoms. The third kappa shape index (κ3) is 4.06. The first-order valence-corrected chi connectivity index (χ1v) is 7.63. The van der Waals surface area contributed by atoms with Crippen LogP contribution in [-0.4, -0.2) is 16.9 Å². The number of furan rings is 1. The normalized spacial score (nSPS) is 10.2.